The fourth-order valence-electron chi connectivity index (χ4n) is 4.52. The highest BCUT2D eigenvalue weighted by atomic mass is 16.5. The zero-order valence-electron chi connectivity index (χ0n) is 19.5. The highest BCUT2D eigenvalue weighted by Gasteiger charge is 2.46. The molecule has 180 valence electrons. The van der Waals surface area contributed by atoms with Crippen LogP contribution in [0.2, 0.25) is 0 Å². The van der Waals surface area contributed by atoms with Crippen LogP contribution in [0.4, 0.5) is 0 Å². The van der Waals surface area contributed by atoms with Gasteiger partial charge in [-0.2, -0.15) is 0 Å². The van der Waals surface area contributed by atoms with Crippen molar-refractivity contribution >= 4 is 17.4 Å². The number of morpholine rings is 1. The Labute approximate surface area is 199 Å². The molecule has 8 heteroatoms. The SMILES string of the molecule is COc1ccc(/C(O)=C2\C(=O)C(=O)N(CCCN3CCOCC3)[C@@H]2c2ccccc2OC)cc1. The van der Waals surface area contributed by atoms with Crippen LogP contribution in [0.1, 0.15) is 23.6 Å². The maximum atomic E-state index is 13.2. The lowest BCUT2D eigenvalue weighted by atomic mass is 9.94. The summed E-state index contributed by atoms with van der Waals surface area (Å²) in [7, 11) is 3.10. The molecule has 0 bridgehead atoms. The Morgan fingerprint density at radius 3 is 2.38 bits per heavy atom. The van der Waals surface area contributed by atoms with Crippen LogP contribution in [0, 0.1) is 0 Å². The normalized spacial score (nSPS) is 20.5. The molecule has 0 aliphatic carbocycles. The van der Waals surface area contributed by atoms with Gasteiger partial charge in [0.15, 0.2) is 0 Å². The van der Waals surface area contributed by atoms with Gasteiger partial charge < -0.3 is 24.2 Å². The van der Waals surface area contributed by atoms with Crippen LogP contribution in [0.5, 0.6) is 11.5 Å². The molecule has 34 heavy (non-hydrogen) atoms. The fourth-order valence-corrected chi connectivity index (χ4v) is 4.52. The molecule has 0 aromatic heterocycles. The third-order valence-corrected chi connectivity index (χ3v) is 6.31. The average molecular weight is 467 g/mol. The Morgan fingerprint density at radius 2 is 1.71 bits per heavy atom. The number of carbonyl (C=O) groups excluding carboxylic acids is 2. The van der Waals surface area contributed by atoms with Crippen LogP contribution in [0.3, 0.4) is 0 Å². The standard InChI is InChI=1S/C26H30N2O6/c1-32-19-10-8-18(9-11-19)24(29)22-23(20-6-3-4-7-21(20)33-2)28(26(31)25(22)30)13-5-12-27-14-16-34-17-15-27/h3-4,6-11,23,29H,5,12-17H2,1-2H3/b24-22+/t23-/m1/s1. The lowest BCUT2D eigenvalue weighted by Gasteiger charge is -2.29. The molecule has 2 aromatic carbocycles. The van der Waals surface area contributed by atoms with Gasteiger partial charge in [-0.05, 0) is 36.8 Å². The molecule has 2 aliphatic rings. The largest absolute Gasteiger partial charge is 0.507 e. The monoisotopic (exact) mass is 466 g/mol. The molecule has 2 heterocycles. The smallest absolute Gasteiger partial charge is 0.295 e. The minimum atomic E-state index is -0.747. The number of amides is 1. The second-order valence-electron chi connectivity index (χ2n) is 8.27. The summed E-state index contributed by atoms with van der Waals surface area (Å²) in [5.74, 6) is -0.356. The maximum Gasteiger partial charge on any atom is 0.295 e. The second-order valence-corrected chi connectivity index (χ2v) is 8.27. The van der Waals surface area contributed by atoms with Crippen LogP contribution in [-0.2, 0) is 14.3 Å². The molecular formula is C26H30N2O6. The number of carbonyl (C=O) groups is 2. The van der Waals surface area contributed by atoms with Gasteiger partial charge in [-0.1, -0.05) is 18.2 Å². The van der Waals surface area contributed by atoms with E-state index in [-0.39, 0.29) is 11.3 Å². The van der Waals surface area contributed by atoms with Gasteiger partial charge in [0.2, 0.25) is 0 Å². The summed E-state index contributed by atoms with van der Waals surface area (Å²) >= 11 is 0. The molecular weight excluding hydrogens is 436 g/mol. The number of aliphatic hydroxyl groups excluding tert-OH is 1. The van der Waals surface area contributed by atoms with Gasteiger partial charge in [-0.25, -0.2) is 0 Å². The molecule has 1 amide bonds. The number of Topliss-reactive ketones (excluding diaryl/α,β-unsaturated/α-hetero) is 1. The van der Waals surface area contributed by atoms with E-state index in [1.807, 2.05) is 18.2 Å². The van der Waals surface area contributed by atoms with Gasteiger partial charge in [-0.3, -0.25) is 14.5 Å². The number of para-hydroxylation sites is 1. The van der Waals surface area contributed by atoms with Gasteiger partial charge in [0.1, 0.15) is 17.3 Å². The first kappa shape index (κ1) is 23.8. The number of rotatable bonds is 8. The molecule has 0 radical (unpaired) electrons. The van der Waals surface area contributed by atoms with Crippen molar-refractivity contribution in [3.05, 3.63) is 65.2 Å². The third kappa shape index (κ3) is 4.78. The Balaban J connectivity index is 1.70. The molecule has 0 saturated carbocycles. The number of methoxy groups -OCH3 is 2. The van der Waals surface area contributed by atoms with Gasteiger partial charge in [-0.15, -0.1) is 0 Å². The number of likely N-dealkylation sites (tertiary alicyclic amines) is 1. The fraction of sp³-hybridized carbons (Fsp3) is 0.385. The van der Waals surface area contributed by atoms with Gasteiger partial charge in [0, 0.05) is 37.3 Å². The van der Waals surface area contributed by atoms with E-state index in [2.05, 4.69) is 4.90 Å². The molecule has 2 aromatic rings. The van der Waals surface area contributed by atoms with Crippen molar-refractivity contribution in [2.75, 3.05) is 53.6 Å². The topological polar surface area (TPSA) is 88.5 Å². The van der Waals surface area contributed by atoms with Crippen LogP contribution < -0.4 is 9.47 Å². The lowest BCUT2D eigenvalue weighted by Crippen LogP contribution is -2.39. The van der Waals surface area contributed by atoms with Crippen molar-refractivity contribution in [3.63, 3.8) is 0 Å². The predicted octanol–water partition coefficient (Wildman–Crippen LogP) is 2.85. The van der Waals surface area contributed by atoms with Gasteiger partial charge in [0.05, 0.1) is 39.0 Å². The Hall–Kier alpha value is -3.36. The van der Waals surface area contributed by atoms with Crippen LogP contribution in [0.15, 0.2) is 54.1 Å². The van der Waals surface area contributed by atoms with E-state index in [1.165, 1.54) is 0 Å². The zero-order chi connectivity index (χ0) is 24.1. The van der Waals surface area contributed by atoms with Crippen molar-refractivity contribution in [1.82, 2.24) is 9.80 Å². The van der Waals surface area contributed by atoms with Crippen LogP contribution in [-0.4, -0.2) is 80.2 Å². The molecule has 1 atom stereocenters. The molecule has 4 rings (SSSR count). The van der Waals surface area contributed by atoms with Gasteiger partial charge in [0.25, 0.3) is 11.7 Å². The molecule has 0 unspecified atom stereocenters. The van der Waals surface area contributed by atoms with E-state index in [0.717, 1.165) is 19.6 Å². The van der Waals surface area contributed by atoms with E-state index in [9.17, 15) is 14.7 Å². The first-order chi connectivity index (χ1) is 16.5. The average Bonchev–Trinajstić information content (AvgIpc) is 3.13. The Morgan fingerprint density at radius 1 is 1.00 bits per heavy atom. The summed E-state index contributed by atoms with van der Waals surface area (Å²) in [4.78, 5) is 30.2. The number of aliphatic hydroxyl groups is 1. The molecule has 8 nitrogen and oxygen atoms in total. The summed E-state index contributed by atoms with van der Waals surface area (Å²) in [6.07, 6.45) is 0.696. The van der Waals surface area contributed by atoms with E-state index in [4.69, 9.17) is 14.2 Å². The number of hydrogen-bond acceptors (Lipinski definition) is 7. The third-order valence-electron chi connectivity index (χ3n) is 6.31. The minimum absolute atomic E-state index is 0.0611. The molecule has 2 aliphatic heterocycles. The maximum absolute atomic E-state index is 13.2. The highest BCUT2D eigenvalue weighted by Crippen LogP contribution is 2.42. The van der Waals surface area contributed by atoms with Crippen molar-refractivity contribution in [3.8, 4) is 11.5 Å². The summed E-state index contributed by atoms with van der Waals surface area (Å²) in [6, 6.07) is 13.3. The van der Waals surface area contributed by atoms with Crippen molar-refractivity contribution in [2.24, 2.45) is 0 Å². The van der Waals surface area contributed by atoms with E-state index in [0.29, 0.717) is 48.8 Å². The van der Waals surface area contributed by atoms with Crippen LogP contribution in [0.25, 0.3) is 5.76 Å². The number of nitrogens with zero attached hydrogens (tertiary/aromatic N) is 2. The summed E-state index contributed by atoms with van der Waals surface area (Å²) in [5, 5.41) is 11.2. The van der Waals surface area contributed by atoms with E-state index in [1.54, 1.807) is 49.5 Å². The van der Waals surface area contributed by atoms with Crippen molar-refractivity contribution < 1.29 is 28.9 Å². The Bertz CT molecular complexity index is 1060. The van der Waals surface area contributed by atoms with E-state index < -0.39 is 17.7 Å². The number of ketones is 1. The highest BCUT2D eigenvalue weighted by molar-refractivity contribution is 6.46. The predicted molar refractivity (Wildman–Crippen MR) is 127 cm³/mol. The number of benzene rings is 2. The lowest BCUT2D eigenvalue weighted by molar-refractivity contribution is -0.140. The van der Waals surface area contributed by atoms with E-state index >= 15 is 0 Å². The minimum Gasteiger partial charge on any atom is -0.507 e. The number of ether oxygens (including phenoxy) is 3. The zero-order valence-corrected chi connectivity index (χ0v) is 19.5. The number of hydrogen-bond donors (Lipinski definition) is 1. The second kappa shape index (κ2) is 10.7. The summed E-state index contributed by atoms with van der Waals surface area (Å²) < 4.78 is 16.1. The first-order valence-corrected chi connectivity index (χ1v) is 11.4. The summed E-state index contributed by atoms with van der Waals surface area (Å²) in [5.41, 5.74) is 1.16. The molecule has 2 fully saturated rings. The molecule has 1 N–H and O–H groups in total. The van der Waals surface area contributed by atoms with Crippen molar-refractivity contribution in [2.45, 2.75) is 12.5 Å². The molecule has 0 spiro atoms. The quantitative estimate of drug-likeness (QED) is 0.364. The first-order valence-electron chi connectivity index (χ1n) is 11.4. The molecule has 2 saturated heterocycles. The van der Waals surface area contributed by atoms with Gasteiger partial charge >= 0.3 is 0 Å². The van der Waals surface area contributed by atoms with Crippen LogP contribution >= 0.6 is 0 Å². The van der Waals surface area contributed by atoms with Crippen molar-refractivity contribution in [1.29, 1.82) is 0 Å². The summed E-state index contributed by atoms with van der Waals surface area (Å²) in [6.45, 7) is 4.28. The Kier molecular flexibility index (Phi) is 7.49.